The van der Waals surface area contributed by atoms with E-state index in [4.69, 9.17) is 9.47 Å². The monoisotopic (exact) mass is 560 g/mol. The second-order valence-electron chi connectivity index (χ2n) is 14.1. The Kier molecular flexibility index (Phi) is 15.4. The summed E-state index contributed by atoms with van der Waals surface area (Å²) in [6.45, 7) is 8.61. The Morgan fingerprint density at radius 1 is 0.500 bits per heavy atom. The standard InChI is InChI=1S/C36H64O4/c1-5-7-9-11-13-27(3)39-35(37)33-23-19-31(20-24-33)29-15-17-30(18-16-29)32-21-25-34(26-22-32)36(38)40-28(4)14-12-10-8-6-2/h27-34H,5-26H2,1-4H3. The summed E-state index contributed by atoms with van der Waals surface area (Å²) < 4.78 is 11.7. The molecule has 0 saturated heterocycles. The van der Waals surface area contributed by atoms with Gasteiger partial charge in [-0.25, -0.2) is 0 Å². The summed E-state index contributed by atoms with van der Waals surface area (Å²) in [4.78, 5) is 25.5. The highest BCUT2D eigenvalue weighted by Gasteiger charge is 2.37. The van der Waals surface area contributed by atoms with Crippen LogP contribution in [0.1, 0.15) is 169 Å². The fourth-order valence-electron chi connectivity index (χ4n) is 8.16. The van der Waals surface area contributed by atoms with Crippen molar-refractivity contribution in [1.82, 2.24) is 0 Å². The highest BCUT2D eigenvalue weighted by molar-refractivity contribution is 5.73. The molecule has 3 fully saturated rings. The number of hydrogen-bond acceptors (Lipinski definition) is 4. The second-order valence-corrected chi connectivity index (χ2v) is 14.1. The summed E-state index contributed by atoms with van der Waals surface area (Å²) in [5.41, 5.74) is 0. The van der Waals surface area contributed by atoms with Crippen molar-refractivity contribution in [2.45, 2.75) is 181 Å². The van der Waals surface area contributed by atoms with E-state index < -0.39 is 0 Å². The molecule has 0 aromatic rings. The molecule has 3 aliphatic rings. The number of unbranched alkanes of at least 4 members (excludes halogenated alkanes) is 6. The SMILES string of the molecule is CCCCCCC(C)OC(=O)C1CCC(C2CCC(C3CCC(C(=O)OC(C)CCCCCC)CC3)CC2)CC1. The molecular formula is C36H64O4. The first-order valence-electron chi connectivity index (χ1n) is 17.8. The van der Waals surface area contributed by atoms with Gasteiger partial charge < -0.3 is 9.47 Å². The lowest BCUT2D eigenvalue weighted by atomic mass is 9.65. The molecule has 232 valence electrons. The zero-order valence-corrected chi connectivity index (χ0v) is 26.8. The smallest absolute Gasteiger partial charge is 0.309 e. The second kappa shape index (κ2) is 18.5. The maximum absolute atomic E-state index is 12.7. The average molecular weight is 561 g/mol. The van der Waals surface area contributed by atoms with Crippen molar-refractivity contribution >= 4 is 11.9 Å². The van der Waals surface area contributed by atoms with Crippen molar-refractivity contribution in [3.05, 3.63) is 0 Å². The van der Waals surface area contributed by atoms with Crippen LogP contribution in [-0.4, -0.2) is 24.1 Å². The molecule has 0 bridgehead atoms. The average Bonchev–Trinajstić information content (AvgIpc) is 2.98. The quantitative estimate of drug-likeness (QED) is 0.139. The molecule has 0 N–H and O–H groups in total. The van der Waals surface area contributed by atoms with E-state index in [2.05, 4.69) is 27.7 Å². The van der Waals surface area contributed by atoms with Crippen LogP contribution >= 0.6 is 0 Å². The predicted octanol–water partition coefficient (Wildman–Crippen LogP) is 10.2. The van der Waals surface area contributed by atoms with Crippen LogP contribution in [0.3, 0.4) is 0 Å². The van der Waals surface area contributed by atoms with Crippen molar-refractivity contribution < 1.29 is 19.1 Å². The Labute approximate surface area is 247 Å². The van der Waals surface area contributed by atoms with E-state index in [-0.39, 0.29) is 36.0 Å². The molecule has 2 unspecified atom stereocenters. The van der Waals surface area contributed by atoms with Gasteiger partial charge in [-0.2, -0.15) is 0 Å². The fraction of sp³-hybridized carbons (Fsp3) is 0.944. The maximum atomic E-state index is 12.7. The van der Waals surface area contributed by atoms with Crippen molar-refractivity contribution in [3.63, 3.8) is 0 Å². The van der Waals surface area contributed by atoms with Crippen molar-refractivity contribution in [1.29, 1.82) is 0 Å². The molecule has 40 heavy (non-hydrogen) atoms. The van der Waals surface area contributed by atoms with Gasteiger partial charge in [0.25, 0.3) is 0 Å². The van der Waals surface area contributed by atoms with Gasteiger partial charge >= 0.3 is 11.9 Å². The summed E-state index contributed by atoms with van der Waals surface area (Å²) in [6, 6.07) is 0. The van der Waals surface area contributed by atoms with Gasteiger partial charge in [-0.15, -0.1) is 0 Å². The van der Waals surface area contributed by atoms with E-state index in [1.807, 2.05) is 0 Å². The zero-order chi connectivity index (χ0) is 28.7. The molecule has 0 aliphatic heterocycles. The van der Waals surface area contributed by atoms with E-state index in [1.54, 1.807) is 0 Å². The van der Waals surface area contributed by atoms with Crippen LogP contribution in [0.15, 0.2) is 0 Å². The topological polar surface area (TPSA) is 52.6 Å². The lowest BCUT2D eigenvalue weighted by molar-refractivity contribution is -0.156. The highest BCUT2D eigenvalue weighted by Crippen LogP contribution is 2.46. The van der Waals surface area contributed by atoms with Gasteiger partial charge in [-0.05, 0) is 140 Å². The Morgan fingerprint density at radius 3 is 1.10 bits per heavy atom. The molecule has 0 aromatic heterocycles. The van der Waals surface area contributed by atoms with E-state index in [1.165, 1.54) is 103 Å². The first-order valence-corrected chi connectivity index (χ1v) is 17.8. The maximum Gasteiger partial charge on any atom is 0.309 e. The predicted molar refractivity (Wildman–Crippen MR) is 165 cm³/mol. The molecule has 0 spiro atoms. The number of rotatable bonds is 16. The summed E-state index contributed by atoms with van der Waals surface area (Å²) in [7, 11) is 0. The molecule has 0 radical (unpaired) electrons. The van der Waals surface area contributed by atoms with Crippen molar-refractivity contribution in [2.75, 3.05) is 0 Å². The molecule has 4 nitrogen and oxygen atoms in total. The van der Waals surface area contributed by atoms with Crippen LogP contribution < -0.4 is 0 Å². The van der Waals surface area contributed by atoms with Crippen LogP contribution in [0, 0.1) is 35.5 Å². The van der Waals surface area contributed by atoms with Crippen LogP contribution in [0.25, 0.3) is 0 Å². The number of hydrogen-bond donors (Lipinski definition) is 0. The first kappa shape index (κ1) is 33.4. The summed E-state index contributed by atoms with van der Waals surface area (Å²) in [6.07, 6.45) is 26.5. The zero-order valence-electron chi connectivity index (χ0n) is 26.8. The Morgan fingerprint density at radius 2 is 0.800 bits per heavy atom. The summed E-state index contributed by atoms with van der Waals surface area (Å²) in [5.74, 6) is 3.76. The largest absolute Gasteiger partial charge is 0.462 e. The minimum atomic E-state index is 0.0713. The van der Waals surface area contributed by atoms with Gasteiger partial charge in [0.1, 0.15) is 0 Å². The van der Waals surface area contributed by atoms with E-state index in [9.17, 15) is 9.59 Å². The molecule has 3 aliphatic carbocycles. The number of ether oxygens (including phenoxy) is 2. The molecule has 4 heteroatoms. The van der Waals surface area contributed by atoms with Crippen molar-refractivity contribution in [2.24, 2.45) is 35.5 Å². The van der Waals surface area contributed by atoms with Crippen LogP contribution in [-0.2, 0) is 19.1 Å². The van der Waals surface area contributed by atoms with Gasteiger partial charge in [-0.1, -0.05) is 52.4 Å². The molecule has 3 rings (SSSR count). The Bertz CT molecular complexity index is 636. The van der Waals surface area contributed by atoms with Crippen molar-refractivity contribution in [3.8, 4) is 0 Å². The molecule has 2 atom stereocenters. The molecule has 3 saturated carbocycles. The number of esters is 2. The Balaban J connectivity index is 1.28. The van der Waals surface area contributed by atoms with Gasteiger partial charge in [0.05, 0.1) is 24.0 Å². The first-order chi connectivity index (χ1) is 19.4. The summed E-state index contributed by atoms with van der Waals surface area (Å²) in [5, 5.41) is 0. The third-order valence-corrected chi connectivity index (χ3v) is 10.9. The van der Waals surface area contributed by atoms with Gasteiger partial charge in [0.15, 0.2) is 0 Å². The molecule has 0 heterocycles. The van der Waals surface area contributed by atoms with E-state index in [0.29, 0.717) is 0 Å². The molecule has 0 amide bonds. The van der Waals surface area contributed by atoms with Crippen LogP contribution in [0.2, 0.25) is 0 Å². The minimum Gasteiger partial charge on any atom is -0.462 e. The fourth-order valence-corrected chi connectivity index (χ4v) is 8.16. The third kappa shape index (κ3) is 11.3. The third-order valence-electron chi connectivity index (χ3n) is 10.9. The van der Waals surface area contributed by atoms with E-state index in [0.717, 1.165) is 62.2 Å². The molecular weight excluding hydrogens is 496 g/mol. The lowest BCUT2D eigenvalue weighted by Crippen LogP contribution is -2.33. The van der Waals surface area contributed by atoms with Crippen LogP contribution in [0.4, 0.5) is 0 Å². The number of carbonyl (C=O) groups excluding carboxylic acids is 2. The van der Waals surface area contributed by atoms with Gasteiger partial charge in [-0.3, -0.25) is 9.59 Å². The molecule has 0 aromatic carbocycles. The summed E-state index contributed by atoms with van der Waals surface area (Å²) >= 11 is 0. The van der Waals surface area contributed by atoms with E-state index >= 15 is 0 Å². The van der Waals surface area contributed by atoms with Crippen LogP contribution in [0.5, 0.6) is 0 Å². The van der Waals surface area contributed by atoms with Gasteiger partial charge in [0, 0.05) is 0 Å². The normalized spacial score (nSPS) is 30.8. The number of carbonyl (C=O) groups is 2. The Hall–Kier alpha value is -1.06. The lowest BCUT2D eigenvalue weighted by Gasteiger charge is -2.41. The van der Waals surface area contributed by atoms with Gasteiger partial charge in [0.2, 0.25) is 0 Å². The highest BCUT2D eigenvalue weighted by atomic mass is 16.5. The minimum absolute atomic E-state index is 0.0713.